The fourth-order valence-electron chi connectivity index (χ4n) is 1.63. The minimum atomic E-state index is -1.60. The van der Waals surface area contributed by atoms with Gasteiger partial charge in [-0.05, 0) is 37.3 Å². The van der Waals surface area contributed by atoms with Crippen LogP contribution in [0, 0.1) is 0 Å². The first-order chi connectivity index (χ1) is 11.4. The van der Waals surface area contributed by atoms with Crippen molar-refractivity contribution in [2.45, 2.75) is 52.6 Å². The minimum Gasteiger partial charge on any atom is -0.510 e. The Labute approximate surface area is 146 Å². The normalized spacial score (nSPS) is 11.9. The zero-order valence-electron chi connectivity index (χ0n) is 15.4. The lowest BCUT2D eigenvalue weighted by atomic mass is 10.1. The summed E-state index contributed by atoms with van der Waals surface area (Å²) in [5, 5.41) is 8.51. The van der Waals surface area contributed by atoms with Gasteiger partial charge in [-0.1, -0.05) is 88.0 Å². The van der Waals surface area contributed by atoms with Crippen molar-refractivity contribution in [3.63, 3.8) is 0 Å². The molecule has 2 aromatic rings. The molecule has 24 heavy (non-hydrogen) atoms. The molecule has 0 amide bonds. The molecule has 0 radical (unpaired) electrons. The van der Waals surface area contributed by atoms with Crippen LogP contribution in [0.15, 0.2) is 73.0 Å². The highest BCUT2D eigenvalue weighted by atomic mass is 19.1. The van der Waals surface area contributed by atoms with Crippen LogP contribution in [0.25, 0.3) is 0 Å². The number of alkyl halides is 1. The van der Waals surface area contributed by atoms with E-state index >= 15 is 0 Å². The topological polar surface area (TPSA) is 20.2 Å². The van der Waals surface area contributed by atoms with E-state index in [9.17, 15) is 4.39 Å². The van der Waals surface area contributed by atoms with Crippen LogP contribution in [0.2, 0.25) is 0 Å². The lowest BCUT2D eigenvalue weighted by Gasteiger charge is -2.14. The second-order valence-electron chi connectivity index (χ2n) is 5.68. The number of hydrogen-bond acceptors (Lipinski definition) is 1. The molecule has 0 heterocycles. The molecule has 1 atom stereocenters. The van der Waals surface area contributed by atoms with E-state index in [4.69, 9.17) is 5.11 Å². The molecule has 2 rings (SSSR count). The molecule has 0 spiro atoms. The van der Waals surface area contributed by atoms with Crippen molar-refractivity contribution >= 4 is 0 Å². The summed E-state index contributed by atoms with van der Waals surface area (Å²) in [5.74, 6) is -0.389. The van der Waals surface area contributed by atoms with Crippen LogP contribution in [0.4, 0.5) is 4.39 Å². The van der Waals surface area contributed by atoms with Crippen LogP contribution in [-0.2, 0) is 12.8 Å². The minimum absolute atomic E-state index is 0.266. The monoisotopic (exact) mass is 330 g/mol. The van der Waals surface area contributed by atoms with Gasteiger partial charge in [-0.25, -0.2) is 4.39 Å². The molecule has 0 aliphatic carbocycles. The standard InChI is InChI=1S/2C8H10.C6H11FO/c2*1-2-8-6-4-3-5-7-8;1-4-6(3,7)5(2)8/h2*3-7H,2H2,1H3;8H,2,4H2,1,3H3. The molecule has 132 valence electrons. The highest BCUT2D eigenvalue weighted by molar-refractivity contribution is 5.14. The Kier molecular flexibility index (Phi) is 11.3. The summed E-state index contributed by atoms with van der Waals surface area (Å²) in [6.07, 6.45) is 2.55. The number of halogens is 1. The first-order valence-corrected chi connectivity index (χ1v) is 8.52. The van der Waals surface area contributed by atoms with Crippen molar-refractivity contribution in [3.8, 4) is 0 Å². The number of benzene rings is 2. The van der Waals surface area contributed by atoms with E-state index in [0.717, 1.165) is 12.8 Å². The number of allylic oxidation sites excluding steroid dienone is 1. The van der Waals surface area contributed by atoms with Gasteiger partial charge in [0.2, 0.25) is 0 Å². The zero-order chi connectivity index (χ0) is 18.4. The van der Waals surface area contributed by atoms with Crippen molar-refractivity contribution in [1.29, 1.82) is 0 Å². The molecule has 0 bridgehead atoms. The number of aliphatic hydroxyl groups excluding tert-OH is 1. The molecular formula is C22H31FO. The van der Waals surface area contributed by atoms with Crippen molar-refractivity contribution in [3.05, 3.63) is 84.1 Å². The first-order valence-electron chi connectivity index (χ1n) is 8.52. The summed E-state index contributed by atoms with van der Waals surface area (Å²) in [6.45, 7) is 10.4. The molecule has 0 saturated heterocycles. The average Bonchev–Trinajstić information content (AvgIpc) is 2.64. The summed E-state index contributed by atoms with van der Waals surface area (Å²) in [4.78, 5) is 0. The quantitative estimate of drug-likeness (QED) is 0.619. The number of rotatable bonds is 4. The van der Waals surface area contributed by atoms with Crippen molar-refractivity contribution < 1.29 is 9.50 Å². The maximum Gasteiger partial charge on any atom is 0.163 e. The SMILES string of the molecule is C=C(O)C(C)(F)CC.CCc1ccccc1.CCc1ccccc1. The van der Waals surface area contributed by atoms with Gasteiger partial charge in [0.1, 0.15) is 5.76 Å². The summed E-state index contributed by atoms with van der Waals surface area (Å²) >= 11 is 0. The Hall–Kier alpha value is -2.09. The van der Waals surface area contributed by atoms with Crippen LogP contribution in [0.1, 0.15) is 45.2 Å². The summed E-state index contributed by atoms with van der Waals surface area (Å²) in [5.41, 5.74) is 1.22. The van der Waals surface area contributed by atoms with Crippen LogP contribution in [0.3, 0.4) is 0 Å². The highest BCUT2D eigenvalue weighted by Crippen LogP contribution is 2.20. The Morgan fingerprint density at radius 2 is 1.21 bits per heavy atom. The summed E-state index contributed by atoms with van der Waals surface area (Å²) in [6, 6.07) is 20.9. The van der Waals surface area contributed by atoms with Gasteiger partial charge >= 0.3 is 0 Å². The van der Waals surface area contributed by atoms with Gasteiger partial charge < -0.3 is 5.11 Å². The maximum atomic E-state index is 12.6. The molecule has 0 aliphatic heterocycles. The molecule has 0 aromatic heterocycles. The van der Waals surface area contributed by atoms with Crippen LogP contribution in [0.5, 0.6) is 0 Å². The molecule has 0 fully saturated rings. The van der Waals surface area contributed by atoms with Crippen LogP contribution < -0.4 is 0 Å². The predicted octanol–water partition coefficient (Wildman–Crippen LogP) is 6.69. The molecule has 1 N–H and O–H groups in total. The fraction of sp³-hybridized carbons (Fsp3) is 0.364. The second kappa shape index (κ2) is 12.3. The average molecular weight is 330 g/mol. The Morgan fingerprint density at radius 3 is 1.33 bits per heavy atom. The van der Waals surface area contributed by atoms with E-state index < -0.39 is 5.67 Å². The van der Waals surface area contributed by atoms with E-state index in [1.54, 1.807) is 6.92 Å². The third-order valence-corrected chi connectivity index (χ3v) is 3.77. The summed E-state index contributed by atoms with van der Waals surface area (Å²) in [7, 11) is 0. The van der Waals surface area contributed by atoms with Gasteiger partial charge in [0.25, 0.3) is 0 Å². The molecule has 2 aromatic carbocycles. The van der Waals surface area contributed by atoms with E-state index in [1.807, 2.05) is 12.1 Å². The smallest absolute Gasteiger partial charge is 0.163 e. The Balaban J connectivity index is 0.000000331. The maximum absolute atomic E-state index is 12.6. The zero-order valence-corrected chi connectivity index (χ0v) is 15.4. The lowest BCUT2D eigenvalue weighted by Crippen LogP contribution is -2.18. The largest absolute Gasteiger partial charge is 0.510 e. The van der Waals surface area contributed by atoms with Gasteiger partial charge in [-0.3, -0.25) is 0 Å². The highest BCUT2D eigenvalue weighted by Gasteiger charge is 2.23. The second-order valence-corrected chi connectivity index (χ2v) is 5.68. The van der Waals surface area contributed by atoms with Gasteiger partial charge in [-0.2, -0.15) is 0 Å². The van der Waals surface area contributed by atoms with Gasteiger partial charge in [0.05, 0.1) is 0 Å². The van der Waals surface area contributed by atoms with E-state index in [0.29, 0.717) is 0 Å². The Morgan fingerprint density at radius 1 is 0.875 bits per heavy atom. The van der Waals surface area contributed by atoms with Crippen LogP contribution >= 0.6 is 0 Å². The Bertz CT molecular complexity index is 507. The van der Waals surface area contributed by atoms with Crippen LogP contribution in [-0.4, -0.2) is 10.8 Å². The van der Waals surface area contributed by atoms with Gasteiger partial charge in [0.15, 0.2) is 5.67 Å². The number of aliphatic hydroxyl groups is 1. The third kappa shape index (κ3) is 9.83. The molecule has 0 saturated carbocycles. The molecule has 0 aliphatic rings. The number of aryl methyl sites for hydroxylation is 2. The van der Waals surface area contributed by atoms with Crippen molar-refractivity contribution in [1.82, 2.24) is 0 Å². The van der Waals surface area contributed by atoms with Crippen molar-refractivity contribution in [2.24, 2.45) is 0 Å². The number of hydrogen-bond donors (Lipinski definition) is 1. The third-order valence-electron chi connectivity index (χ3n) is 3.77. The van der Waals surface area contributed by atoms with Crippen molar-refractivity contribution in [2.75, 3.05) is 0 Å². The summed E-state index contributed by atoms with van der Waals surface area (Å²) < 4.78 is 12.6. The fourth-order valence-corrected chi connectivity index (χ4v) is 1.63. The van der Waals surface area contributed by atoms with E-state index in [2.05, 4.69) is 69.0 Å². The van der Waals surface area contributed by atoms with E-state index in [-0.39, 0.29) is 12.2 Å². The lowest BCUT2D eigenvalue weighted by molar-refractivity contribution is 0.155. The molecule has 1 unspecified atom stereocenters. The molecular weight excluding hydrogens is 299 g/mol. The molecule has 2 heteroatoms. The van der Waals surface area contributed by atoms with Gasteiger partial charge in [-0.15, -0.1) is 0 Å². The first kappa shape index (κ1) is 21.9. The van der Waals surface area contributed by atoms with E-state index in [1.165, 1.54) is 18.1 Å². The predicted molar refractivity (Wildman–Crippen MR) is 103 cm³/mol. The molecule has 1 nitrogen and oxygen atoms in total. The van der Waals surface area contributed by atoms with Gasteiger partial charge in [0, 0.05) is 0 Å².